The van der Waals surface area contributed by atoms with Crippen LogP contribution < -0.4 is 11.1 Å². The van der Waals surface area contributed by atoms with Gasteiger partial charge in [-0.15, -0.1) is 0 Å². The molecule has 6 heteroatoms. The molecular formula is C12H21N3O3. The van der Waals surface area contributed by atoms with Crippen LogP contribution in [0.5, 0.6) is 0 Å². The number of nitrogens with one attached hydrogen (secondary N) is 1. The van der Waals surface area contributed by atoms with E-state index in [0.29, 0.717) is 0 Å². The summed E-state index contributed by atoms with van der Waals surface area (Å²) in [6, 6.07) is -0.644. The van der Waals surface area contributed by atoms with Crippen LogP contribution >= 0.6 is 0 Å². The van der Waals surface area contributed by atoms with Crippen molar-refractivity contribution in [3.8, 4) is 0 Å². The van der Waals surface area contributed by atoms with Crippen molar-refractivity contribution in [3.05, 3.63) is 0 Å². The number of nitrogens with zero attached hydrogens (tertiary/aromatic N) is 1. The zero-order valence-corrected chi connectivity index (χ0v) is 10.6. The van der Waals surface area contributed by atoms with E-state index in [1.54, 1.807) is 0 Å². The lowest BCUT2D eigenvalue weighted by Crippen LogP contribution is -2.50. The number of aliphatic hydroxyl groups is 1. The third-order valence-corrected chi connectivity index (χ3v) is 3.99. The quantitative estimate of drug-likeness (QED) is 0.570. The van der Waals surface area contributed by atoms with E-state index < -0.39 is 18.1 Å². The molecule has 2 aliphatic heterocycles. The number of hydrogen-bond donors (Lipinski definition) is 3. The van der Waals surface area contributed by atoms with Gasteiger partial charge in [0.05, 0.1) is 6.10 Å². The summed E-state index contributed by atoms with van der Waals surface area (Å²) < 4.78 is 0. The van der Waals surface area contributed by atoms with Crippen LogP contribution in [0.1, 0.15) is 19.8 Å². The van der Waals surface area contributed by atoms with Gasteiger partial charge >= 0.3 is 0 Å². The Morgan fingerprint density at radius 2 is 2.17 bits per heavy atom. The first kappa shape index (κ1) is 13.3. The molecule has 2 heterocycles. The predicted octanol–water partition coefficient (Wildman–Crippen LogP) is -1.32. The number of piperidine rings is 1. The first-order valence-corrected chi connectivity index (χ1v) is 6.49. The summed E-state index contributed by atoms with van der Waals surface area (Å²) in [6.07, 6.45) is 0.405. The van der Waals surface area contributed by atoms with Crippen molar-refractivity contribution in [3.63, 3.8) is 0 Å². The molecule has 0 aliphatic carbocycles. The zero-order valence-electron chi connectivity index (χ0n) is 10.6. The molecule has 0 saturated carbocycles. The predicted molar refractivity (Wildman–Crippen MR) is 65.5 cm³/mol. The smallest absolute Gasteiger partial charge is 0.240 e. The van der Waals surface area contributed by atoms with E-state index in [1.165, 1.54) is 4.90 Å². The van der Waals surface area contributed by atoms with Crippen LogP contribution in [0, 0.1) is 11.8 Å². The molecule has 4 atom stereocenters. The number of likely N-dealkylation sites (tertiary alicyclic amines) is 1. The van der Waals surface area contributed by atoms with E-state index in [0.717, 1.165) is 19.5 Å². The summed E-state index contributed by atoms with van der Waals surface area (Å²) in [6.45, 7) is 3.88. The number of aliphatic hydroxyl groups excluding tert-OH is 1. The summed E-state index contributed by atoms with van der Waals surface area (Å²) in [5, 5.41) is 12.9. The van der Waals surface area contributed by atoms with Gasteiger partial charge in [0.15, 0.2) is 0 Å². The van der Waals surface area contributed by atoms with Gasteiger partial charge in [0.25, 0.3) is 0 Å². The average Bonchev–Trinajstić information content (AvgIpc) is 2.71. The Bertz CT molecular complexity index is 347. The molecule has 2 aliphatic rings. The number of rotatable bonds is 2. The van der Waals surface area contributed by atoms with Gasteiger partial charge in [-0.2, -0.15) is 0 Å². The van der Waals surface area contributed by atoms with Crippen LogP contribution in [0.15, 0.2) is 0 Å². The molecule has 2 fully saturated rings. The lowest BCUT2D eigenvalue weighted by Gasteiger charge is -2.33. The fourth-order valence-corrected chi connectivity index (χ4v) is 2.92. The maximum atomic E-state index is 12.5. The topological polar surface area (TPSA) is 95.7 Å². The van der Waals surface area contributed by atoms with E-state index in [2.05, 4.69) is 5.32 Å². The molecule has 2 rings (SSSR count). The van der Waals surface area contributed by atoms with Gasteiger partial charge in [-0.3, -0.25) is 9.59 Å². The Balaban J connectivity index is 2.09. The number of primary amides is 1. The number of carbonyl (C=O) groups is 2. The second kappa shape index (κ2) is 5.24. The number of carbonyl (C=O) groups excluding carboxylic acids is 2. The third kappa shape index (κ3) is 2.49. The van der Waals surface area contributed by atoms with Gasteiger partial charge in [0.1, 0.15) is 6.04 Å². The number of β-amino-alcohol motifs (C(OH)–C–C–N with tert-alkyl or cyclic N) is 1. The molecule has 0 bridgehead atoms. The van der Waals surface area contributed by atoms with E-state index in [4.69, 9.17) is 5.73 Å². The van der Waals surface area contributed by atoms with Crippen molar-refractivity contribution in [2.24, 2.45) is 17.6 Å². The Hall–Kier alpha value is -1.14. The van der Waals surface area contributed by atoms with Gasteiger partial charge in [-0.25, -0.2) is 0 Å². The highest BCUT2D eigenvalue weighted by Crippen LogP contribution is 2.26. The SMILES string of the molecule is CC1CNCCC1C(=O)N1CC(O)CC1C(N)=O. The fraction of sp³-hybridized carbons (Fsp3) is 0.833. The normalized spacial score (nSPS) is 36.7. The third-order valence-electron chi connectivity index (χ3n) is 3.99. The van der Waals surface area contributed by atoms with E-state index in [-0.39, 0.29) is 30.7 Å². The maximum Gasteiger partial charge on any atom is 0.240 e. The van der Waals surface area contributed by atoms with Crippen molar-refractivity contribution >= 4 is 11.8 Å². The Labute approximate surface area is 107 Å². The van der Waals surface area contributed by atoms with Crippen molar-refractivity contribution in [2.45, 2.75) is 31.9 Å². The molecule has 0 aromatic heterocycles. The molecule has 4 N–H and O–H groups in total. The molecule has 2 saturated heterocycles. The van der Waals surface area contributed by atoms with Crippen molar-refractivity contribution in [2.75, 3.05) is 19.6 Å². The Kier molecular flexibility index (Phi) is 3.87. The van der Waals surface area contributed by atoms with Gasteiger partial charge in [-0.05, 0) is 25.4 Å². The second-order valence-electron chi connectivity index (χ2n) is 5.37. The molecular weight excluding hydrogens is 234 g/mol. The van der Waals surface area contributed by atoms with Gasteiger partial charge in [-0.1, -0.05) is 6.92 Å². The Morgan fingerprint density at radius 3 is 2.78 bits per heavy atom. The minimum atomic E-state index is -0.644. The molecule has 0 spiro atoms. The van der Waals surface area contributed by atoms with Crippen LogP contribution in [-0.2, 0) is 9.59 Å². The van der Waals surface area contributed by atoms with Crippen LogP contribution in [0.25, 0.3) is 0 Å². The van der Waals surface area contributed by atoms with Crippen LogP contribution in [-0.4, -0.2) is 53.6 Å². The lowest BCUT2D eigenvalue weighted by atomic mass is 9.86. The summed E-state index contributed by atoms with van der Waals surface area (Å²) in [5.74, 6) is -0.387. The summed E-state index contributed by atoms with van der Waals surface area (Å²) in [5.41, 5.74) is 5.30. The minimum Gasteiger partial charge on any atom is -0.391 e. The fourth-order valence-electron chi connectivity index (χ4n) is 2.92. The number of hydrogen-bond acceptors (Lipinski definition) is 4. The molecule has 4 unspecified atom stereocenters. The van der Waals surface area contributed by atoms with Crippen molar-refractivity contribution in [1.82, 2.24) is 10.2 Å². The first-order chi connectivity index (χ1) is 8.50. The first-order valence-electron chi connectivity index (χ1n) is 6.49. The second-order valence-corrected chi connectivity index (χ2v) is 5.37. The van der Waals surface area contributed by atoms with Crippen molar-refractivity contribution in [1.29, 1.82) is 0 Å². The lowest BCUT2D eigenvalue weighted by molar-refractivity contribution is -0.142. The van der Waals surface area contributed by atoms with E-state index in [9.17, 15) is 14.7 Å². The molecule has 0 aromatic rings. The molecule has 0 radical (unpaired) electrons. The van der Waals surface area contributed by atoms with Crippen molar-refractivity contribution < 1.29 is 14.7 Å². The van der Waals surface area contributed by atoms with Crippen LogP contribution in [0.2, 0.25) is 0 Å². The molecule has 2 amide bonds. The van der Waals surface area contributed by atoms with E-state index >= 15 is 0 Å². The van der Waals surface area contributed by atoms with Crippen LogP contribution in [0.3, 0.4) is 0 Å². The largest absolute Gasteiger partial charge is 0.391 e. The highest BCUT2D eigenvalue weighted by molar-refractivity contribution is 5.88. The van der Waals surface area contributed by atoms with Gasteiger partial charge in [0.2, 0.25) is 11.8 Å². The van der Waals surface area contributed by atoms with E-state index in [1.807, 2.05) is 6.92 Å². The van der Waals surface area contributed by atoms with Gasteiger partial charge < -0.3 is 21.1 Å². The monoisotopic (exact) mass is 255 g/mol. The molecule has 102 valence electrons. The minimum absolute atomic E-state index is 0.0376. The molecule has 0 aromatic carbocycles. The Morgan fingerprint density at radius 1 is 1.44 bits per heavy atom. The highest BCUT2D eigenvalue weighted by Gasteiger charge is 2.41. The standard InChI is InChI=1S/C12H21N3O3/c1-7-5-14-3-2-9(7)12(18)15-6-8(16)4-10(15)11(13)17/h7-10,14,16H,2-6H2,1H3,(H2,13,17). The highest BCUT2D eigenvalue weighted by atomic mass is 16.3. The maximum absolute atomic E-state index is 12.5. The summed E-state index contributed by atoms with van der Waals surface area (Å²) >= 11 is 0. The van der Waals surface area contributed by atoms with Crippen LogP contribution in [0.4, 0.5) is 0 Å². The number of nitrogens with two attached hydrogens (primary N) is 1. The average molecular weight is 255 g/mol. The van der Waals surface area contributed by atoms with Gasteiger partial charge in [0, 0.05) is 18.9 Å². The molecule has 6 nitrogen and oxygen atoms in total. The molecule has 18 heavy (non-hydrogen) atoms. The zero-order chi connectivity index (χ0) is 13.3. The summed E-state index contributed by atoms with van der Waals surface area (Å²) in [4.78, 5) is 25.3. The number of amides is 2. The summed E-state index contributed by atoms with van der Waals surface area (Å²) in [7, 11) is 0.